The van der Waals surface area contributed by atoms with Gasteiger partial charge in [-0.25, -0.2) is 0 Å². The predicted octanol–water partition coefficient (Wildman–Crippen LogP) is 9.74. The van der Waals surface area contributed by atoms with E-state index in [2.05, 4.69) is 0 Å². The fourth-order valence-electron chi connectivity index (χ4n) is 9.19. The molecule has 2 atom stereocenters. The molecule has 0 unspecified atom stereocenters. The van der Waals surface area contributed by atoms with Crippen LogP contribution in [0.1, 0.15) is 58.3 Å². The molecule has 0 radical (unpaired) electrons. The van der Waals surface area contributed by atoms with Crippen molar-refractivity contribution in [3.05, 3.63) is 240 Å². The van der Waals surface area contributed by atoms with E-state index in [0.29, 0.717) is 33.4 Å². The molecule has 0 bridgehead atoms. The maximum absolute atomic E-state index is 16.4. The smallest absolute Gasteiger partial charge is 0.239 e. The van der Waals surface area contributed by atoms with Crippen molar-refractivity contribution in [2.45, 2.75) is 36.1 Å². The quantitative estimate of drug-likeness (QED) is 0.108. The Morgan fingerprint density at radius 3 is 1.08 bits per heavy atom. The number of nitrogens with zero attached hydrogens (tertiary/aromatic N) is 1. The average Bonchev–Trinajstić information content (AvgIpc) is 4.12. The van der Waals surface area contributed by atoms with E-state index in [1.807, 2.05) is 206 Å². The Balaban J connectivity index is 1.50. The van der Waals surface area contributed by atoms with Crippen molar-refractivity contribution in [3.63, 3.8) is 0 Å². The van der Waals surface area contributed by atoms with Crippen molar-refractivity contribution in [1.82, 2.24) is 4.90 Å². The van der Waals surface area contributed by atoms with E-state index in [-0.39, 0.29) is 12.8 Å². The van der Waals surface area contributed by atoms with E-state index < -0.39 is 40.5 Å². The van der Waals surface area contributed by atoms with Gasteiger partial charge in [0.25, 0.3) is 0 Å². The van der Waals surface area contributed by atoms with Gasteiger partial charge >= 0.3 is 0 Å². The summed E-state index contributed by atoms with van der Waals surface area (Å²) in [6.45, 7) is 0. The topological polar surface area (TPSA) is 104 Å². The zero-order valence-electron chi connectivity index (χ0n) is 32.4. The van der Waals surface area contributed by atoms with Gasteiger partial charge in [-0.2, -0.15) is 0 Å². The van der Waals surface area contributed by atoms with Crippen LogP contribution < -0.4 is 5.73 Å². The van der Waals surface area contributed by atoms with Gasteiger partial charge in [0, 0.05) is 0 Å². The van der Waals surface area contributed by atoms with Crippen LogP contribution in [0.25, 0.3) is 21.5 Å². The molecule has 290 valence electrons. The molecule has 1 aliphatic carbocycles. The molecule has 1 aliphatic rings. The van der Waals surface area contributed by atoms with Crippen molar-refractivity contribution in [2.24, 2.45) is 11.1 Å². The number of hydrogen-bond acceptors (Lipinski definition) is 4. The first-order chi connectivity index (χ1) is 28.8. The third kappa shape index (κ3) is 6.29. The fourth-order valence-corrected chi connectivity index (χ4v) is 9.19. The second-order valence-corrected chi connectivity index (χ2v) is 15.6. The zero-order chi connectivity index (χ0) is 40.6. The molecule has 0 heterocycles. The van der Waals surface area contributed by atoms with E-state index in [1.54, 1.807) is 4.90 Å². The summed E-state index contributed by atoms with van der Waals surface area (Å²) in [4.78, 5) is 31.8. The van der Waals surface area contributed by atoms with Crippen LogP contribution in [-0.4, -0.2) is 26.9 Å². The Bertz CT molecular complexity index is 2510. The normalized spacial score (nSPS) is 14.7. The van der Waals surface area contributed by atoms with Crippen LogP contribution in [0.3, 0.4) is 0 Å². The zero-order valence-corrected chi connectivity index (χ0v) is 32.4. The number of amides is 2. The molecule has 0 aliphatic heterocycles. The minimum atomic E-state index is -1.98. The lowest BCUT2D eigenvalue weighted by atomic mass is 9.70. The van der Waals surface area contributed by atoms with Crippen LogP contribution in [0, 0.1) is 5.41 Å². The minimum absolute atomic E-state index is 0.229. The monoisotopic (exact) mass is 772 g/mol. The van der Waals surface area contributed by atoms with Gasteiger partial charge in [0.15, 0.2) is 0 Å². The summed E-state index contributed by atoms with van der Waals surface area (Å²) in [5.41, 5.74) is 4.06. The van der Waals surface area contributed by atoms with Crippen LogP contribution in [0.15, 0.2) is 206 Å². The Morgan fingerprint density at radius 1 is 0.458 bits per heavy atom. The fraction of sp³-hybridized carbons (Fsp3) is 0.132. The molecule has 0 saturated heterocycles. The van der Waals surface area contributed by atoms with E-state index in [9.17, 15) is 15.0 Å². The van der Waals surface area contributed by atoms with Gasteiger partial charge in [0.05, 0.1) is 12.1 Å². The lowest BCUT2D eigenvalue weighted by molar-refractivity contribution is -0.162. The second kappa shape index (κ2) is 15.1. The highest BCUT2D eigenvalue weighted by Crippen LogP contribution is 2.58. The highest BCUT2D eigenvalue weighted by molar-refractivity contribution is 6.08. The summed E-state index contributed by atoms with van der Waals surface area (Å²) < 4.78 is 0. The molecule has 2 amide bonds. The van der Waals surface area contributed by atoms with Crippen LogP contribution >= 0.6 is 0 Å². The first-order valence-corrected chi connectivity index (χ1v) is 20.0. The van der Waals surface area contributed by atoms with E-state index in [1.165, 1.54) is 0 Å². The lowest BCUT2D eigenvalue weighted by Crippen LogP contribution is -2.57. The van der Waals surface area contributed by atoms with Gasteiger partial charge in [-0.15, -0.1) is 0 Å². The number of rotatable bonds is 12. The van der Waals surface area contributed by atoms with Crippen molar-refractivity contribution in [3.8, 4) is 0 Å². The van der Waals surface area contributed by atoms with Gasteiger partial charge in [0.2, 0.25) is 11.8 Å². The molecule has 9 rings (SSSR count). The third-order valence-electron chi connectivity index (χ3n) is 12.3. The van der Waals surface area contributed by atoms with Crippen molar-refractivity contribution in [2.75, 3.05) is 0 Å². The van der Waals surface area contributed by atoms with Crippen molar-refractivity contribution in [1.29, 1.82) is 0 Å². The van der Waals surface area contributed by atoms with E-state index >= 15 is 4.79 Å². The van der Waals surface area contributed by atoms with Crippen LogP contribution in [0.4, 0.5) is 0 Å². The summed E-state index contributed by atoms with van der Waals surface area (Å²) in [6.07, 6.45) is 0.457. The SMILES string of the molecule is NC(=O)C1(C(=O)N([C@@H](c2cccc3ccccc23)C(O)(c2ccccc2)c2ccccc2)[C@@H](c2cccc3ccccc23)C(O)(c2ccccc2)c2ccccc2)CC1. The number of hydrogen-bond donors (Lipinski definition) is 3. The van der Waals surface area contributed by atoms with Crippen LogP contribution in [-0.2, 0) is 20.8 Å². The summed E-state index contributed by atoms with van der Waals surface area (Å²) in [5.74, 6) is -1.32. The van der Waals surface area contributed by atoms with Gasteiger partial charge < -0.3 is 20.8 Å². The van der Waals surface area contributed by atoms with Crippen molar-refractivity contribution < 1.29 is 19.8 Å². The van der Waals surface area contributed by atoms with Crippen LogP contribution in [0.5, 0.6) is 0 Å². The predicted molar refractivity (Wildman–Crippen MR) is 233 cm³/mol. The Labute approximate surface area is 343 Å². The maximum Gasteiger partial charge on any atom is 0.239 e. The molecule has 1 saturated carbocycles. The number of nitrogens with two attached hydrogens (primary N) is 1. The summed E-state index contributed by atoms with van der Waals surface area (Å²) >= 11 is 0. The Kier molecular flexibility index (Phi) is 9.68. The lowest BCUT2D eigenvalue weighted by Gasteiger charge is -2.52. The number of carbonyl (C=O) groups is 2. The number of fused-ring (bicyclic) bond motifs is 2. The first-order valence-electron chi connectivity index (χ1n) is 20.0. The molecule has 8 aromatic carbocycles. The van der Waals surface area contributed by atoms with Crippen molar-refractivity contribution >= 4 is 33.4 Å². The second-order valence-electron chi connectivity index (χ2n) is 15.6. The summed E-state index contributed by atoms with van der Waals surface area (Å²) in [7, 11) is 0. The number of carbonyl (C=O) groups excluding carboxylic acids is 2. The summed E-state index contributed by atoms with van der Waals surface area (Å²) in [6, 6.07) is 62.4. The molecule has 6 heteroatoms. The van der Waals surface area contributed by atoms with Gasteiger partial charge in [-0.3, -0.25) is 9.59 Å². The molecule has 0 spiro atoms. The largest absolute Gasteiger partial charge is 0.378 e. The van der Waals surface area contributed by atoms with E-state index in [4.69, 9.17) is 5.73 Å². The number of primary amides is 1. The minimum Gasteiger partial charge on any atom is -0.378 e. The van der Waals surface area contributed by atoms with Gasteiger partial charge in [-0.1, -0.05) is 206 Å². The maximum atomic E-state index is 16.4. The average molecular weight is 773 g/mol. The van der Waals surface area contributed by atoms with Gasteiger partial charge in [0.1, 0.15) is 16.6 Å². The first kappa shape index (κ1) is 37.7. The molecule has 4 N–H and O–H groups in total. The third-order valence-corrected chi connectivity index (χ3v) is 12.3. The number of benzene rings is 8. The molecular formula is C53H44N2O4. The Morgan fingerprint density at radius 2 is 0.763 bits per heavy atom. The summed E-state index contributed by atoms with van der Waals surface area (Å²) in [5, 5.41) is 32.0. The molecule has 1 fully saturated rings. The molecular weight excluding hydrogens is 729 g/mol. The number of aliphatic hydroxyl groups is 2. The van der Waals surface area contributed by atoms with Gasteiger partial charge in [-0.05, 0) is 67.8 Å². The standard InChI is InChI=1S/C53H44N2O4/c54-49(56)51(35-36-51)50(57)55(47(45-33-17-21-37-19-13-15-31-43(37)45)52(58,39-23-5-1-6-24-39)40-25-7-2-8-26-40)48(46-34-18-22-38-20-14-16-32-44(38)46)53(59,41-27-9-3-10-28-41)42-29-11-4-12-30-42/h1-34,47-48,58-59H,35-36H2,(H2,54,56)/t47-,48-/m0/s1. The highest BCUT2D eigenvalue weighted by atomic mass is 16.3. The highest BCUT2D eigenvalue weighted by Gasteiger charge is 2.63. The molecule has 59 heavy (non-hydrogen) atoms. The molecule has 6 nitrogen and oxygen atoms in total. The Hall–Kier alpha value is -6.86. The van der Waals surface area contributed by atoms with E-state index in [0.717, 1.165) is 21.5 Å². The molecule has 8 aromatic rings. The van der Waals surface area contributed by atoms with Crippen LogP contribution in [0.2, 0.25) is 0 Å². The molecule has 0 aromatic heterocycles.